The summed E-state index contributed by atoms with van der Waals surface area (Å²) < 4.78 is 10.4. The van der Waals surface area contributed by atoms with Gasteiger partial charge in [-0.1, -0.05) is 19.1 Å². The van der Waals surface area contributed by atoms with Gasteiger partial charge in [-0.15, -0.1) is 0 Å². The summed E-state index contributed by atoms with van der Waals surface area (Å²) in [5, 5.41) is 6.64. The third-order valence-electron chi connectivity index (χ3n) is 3.43. The maximum absolute atomic E-state index is 5.24. The monoisotopic (exact) mass is 277 g/mol. The Balaban J connectivity index is 1.78. The lowest BCUT2D eigenvalue weighted by atomic mass is 9.89. The van der Waals surface area contributed by atoms with Gasteiger partial charge in [0.25, 0.3) is 0 Å². The van der Waals surface area contributed by atoms with Gasteiger partial charge in [-0.2, -0.15) is 0 Å². The molecule has 0 aliphatic carbocycles. The molecule has 1 fully saturated rings. The van der Waals surface area contributed by atoms with Gasteiger partial charge in [-0.25, -0.2) is 0 Å². The zero-order chi connectivity index (χ0) is 14.4. The lowest BCUT2D eigenvalue weighted by Crippen LogP contribution is -2.50. The van der Waals surface area contributed by atoms with E-state index in [2.05, 4.69) is 22.5 Å². The van der Waals surface area contributed by atoms with Gasteiger partial charge in [0, 0.05) is 25.6 Å². The van der Waals surface area contributed by atoms with Crippen LogP contribution in [0.2, 0.25) is 0 Å². The topological polar surface area (TPSA) is 54.9 Å². The third-order valence-corrected chi connectivity index (χ3v) is 3.43. The van der Waals surface area contributed by atoms with Gasteiger partial charge in [0.15, 0.2) is 5.96 Å². The molecule has 0 unspecified atom stereocenters. The van der Waals surface area contributed by atoms with Crippen molar-refractivity contribution in [2.75, 3.05) is 33.9 Å². The highest BCUT2D eigenvalue weighted by Gasteiger charge is 2.33. The largest absolute Gasteiger partial charge is 0.497 e. The molecule has 0 amide bonds. The van der Waals surface area contributed by atoms with Crippen LogP contribution in [0.1, 0.15) is 12.5 Å². The Morgan fingerprint density at radius 1 is 1.30 bits per heavy atom. The van der Waals surface area contributed by atoms with E-state index in [-0.39, 0.29) is 5.41 Å². The van der Waals surface area contributed by atoms with E-state index >= 15 is 0 Å². The van der Waals surface area contributed by atoms with Crippen molar-refractivity contribution >= 4 is 5.96 Å². The number of hydrogen-bond donors (Lipinski definition) is 2. The number of nitrogens with one attached hydrogen (secondary N) is 2. The Morgan fingerprint density at radius 3 is 2.50 bits per heavy atom. The van der Waals surface area contributed by atoms with E-state index in [9.17, 15) is 0 Å². The van der Waals surface area contributed by atoms with E-state index in [0.717, 1.165) is 38.0 Å². The van der Waals surface area contributed by atoms with Crippen molar-refractivity contribution in [2.45, 2.75) is 13.5 Å². The van der Waals surface area contributed by atoms with E-state index < -0.39 is 0 Å². The van der Waals surface area contributed by atoms with Gasteiger partial charge >= 0.3 is 0 Å². The summed E-state index contributed by atoms with van der Waals surface area (Å²) in [5.74, 6) is 1.68. The number of guanidine groups is 1. The Bertz CT molecular complexity index is 453. The summed E-state index contributed by atoms with van der Waals surface area (Å²) in [7, 11) is 3.45. The minimum Gasteiger partial charge on any atom is -0.497 e. The maximum Gasteiger partial charge on any atom is 0.191 e. The molecule has 1 saturated heterocycles. The minimum atomic E-state index is 0.234. The number of benzene rings is 1. The van der Waals surface area contributed by atoms with Crippen LogP contribution in [0.5, 0.6) is 5.75 Å². The van der Waals surface area contributed by atoms with Gasteiger partial charge in [0.05, 0.1) is 20.3 Å². The molecule has 1 aromatic rings. The van der Waals surface area contributed by atoms with Crippen molar-refractivity contribution in [2.24, 2.45) is 10.4 Å². The molecule has 0 saturated carbocycles. The quantitative estimate of drug-likeness (QED) is 0.631. The first kappa shape index (κ1) is 14.7. The number of nitrogens with zero attached hydrogens (tertiary/aromatic N) is 1. The van der Waals surface area contributed by atoms with Crippen molar-refractivity contribution in [3.05, 3.63) is 29.8 Å². The predicted octanol–water partition coefficient (Wildman–Crippen LogP) is 1.40. The average molecular weight is 277 g/mol. The van der Waals surface area contributed by atoms with Crippen LogP contribution < -0.4 is 15.4 Å². The summed E-state index contributed by atoms with van der Waals surface area (Å²) in [6, 6.07) is 8.00. The summed E-state index contributed by atoms with van der Waals surface area (Å²) in [6.07, 6.45) is 0. The van der Waals surface area contributed by atoms with E-state index in [0.29, 0.717) is 0 Å². The molecule has 20 heavy (non-hydrogen) atoms. The summed E-state index contributed by atoms with van der Waals surface area (Å²) in [5.41, 5.74) is 1.42. The predicted molar refractivity (Wildman–Crippen MR) is 80.1 cm³/mol. The third kappa shape index (κ3) is 3.87. The highest BCUT2D eigenvalue weighted by molar-refractivity contribution is 5.79. The van der Waals surface area contributed by atoms with Crippen LogP contribution in [0.3, 0.4) is 0 Å². The molecule has 5 heteroatoms. The molecule has 110 valence electrons. The van der Waals surface area contributed by atoms with Gasteiger partial charge < -0.3 is 20.1 Å². The molecule has 2 N–H and O–H groups in total. The second-order valence-corrected chi connectivity index (χ2v) is 5.43. The van der Waals surface area contributed by atoms with Crippen molar-refractivity contribution in [3.63, 3.8) is 0 Å². The number of methoxy groups -OCH3 is 1. The van der Waals surface area contributed by atoms with E-state index in [4.69, 9.17) is 9.47 Å². The molecule has 0 atom stereocenters. The molecule has 1 heterocycles. The van der Waals surface area contributed by atoms with Gasteiger partial charge in [0.2, 0.25) is 0 Å². The molecular weight excluding hydrogens is 254 g/mol. The molecule has 0 radical (unpaired) electrons. The van der Waals surface area contributed by atoms with E-state index in [1.165, 1.54) is 5.56 Å². The Labute approximate surface area is 120 Å². The van der Waals surface area contributed by atoms with E-state index in [1.54, 1.807) is 14.2 Å². The Hall–Kier alpha value is -1.75. The van der Waals surface area contributed by atoms with Crippen LogP contribution in [0.15, 0.2) is 29.3 Å². The summed E-state index contributed by atoms with van der Waals surface area (Å²) in [6.45, 7) is 5.44. The standard InChI is InChI=1S/C15H23N3O2/c1-15(10-20-11-15)9-18-14(16-2)17-8-12-4-6-13(19-3)7-5-12/h4-7H,8-11H2,1-3H3,(H2,16,17,18). The van der Waals surface area contributed by atoms with Gasteiger partial charge in [0.1, 0.15) is 5.75 Å². The molecule has 1 aliphatic rings. The number of hydrogen-bond acceptors (Lipinski definition) is 3. The highest BCUT2D eigenvalue weighted by atomic mass is 16.5. The molecule has 0 spiro atoms. The zero-order valence-corrected chi connectivity index (χ0v) is 12.4. The Kier molecular flexibility index (Phi) is 4.84. The lowest BCUT2D eigenvalue weighted by Gasteiger charge is -2.38. The van der Waals surface area contributed by atoms with Crippen molar-refractivity contribution in [3.8, 4) is 5.75 Å². The summed E-state index contributed by atoms with van der Waals surface area (Å²) in [4.78, 5) is 4.23. The molecular formula is C15H23N3O2. The molecule has 1 aliphatic heterocycles. The second kappa shape index (κ2) is 6.61. The smallest absolute Gasteiger partial charge is 0.191 e. The van der Waals surface area contributed by atoms with Crippen molar-refractivity contribution in [1.29, 1.82) is 0 Å². The lowest BCUT2D eigenvalue weighted by molar-refractivity contribution is -0.0971. The van der Waals surface area contributed by atoms with Gasteiger partial charge in [-0.3, -0.25) is 4.99 Å². The number of rotatable bonds is 5. The molecule has 0 aromatic heterocycles. The highest BCUT2D eigenvalue weighted by Crippen LogP contribution is 2.24. The zero-order valence-electron chi connectivity index (χ0n) is 12.4. The first-order valence-electron chi connectivity index (χ1n) is 6.80. The molecule has 1 aromatic carbocycles. The first-order chi connectivity index (χ1) is 9.65. The van der Waals surface area contributed by atoms with Crippen LogP contribution in [-0.4, -0.2) is 39.9 Å². The SMILES string of the molecule is CN=C(NCc1ccc(OC)cc1)NCC1(C)COC1. The summed E-state index contributed by atoms with van der Waals surface area (Å²) >= 11 is 0. The van der Waals surface area contributed by atoms with Crippen molar-refractivity contribution < 1.29 is 9.47 Å². The minimum absolute atomic E-state index is 0.234. The average Bonchev–Trinajstić information content (AvgIpc) is 2.46. The van der Waals surface area contributed by atoms with Gasteiger partial charge in [-0.05, 0) is 17.7 Å². The van der Waals surface area contributed by atoms with Crippen LogP contribution >= 0.6 is 0 Å². The van der Waals surface area contributed by atoms with Crippen LogP contribution in [0.25, 0.3) is 0 Å². The fourth-order valence-electron chi connectivity index (χ4n) is 2.00. The van der Waals surface area contributed by atoms with E-state index in [1.807, 2.05) is 24.3 Å². The van der Waals surface area contributed by atoms with Crippen LogP contribution in [0.4, 0.5) is 0 Å². The molecule has 5 nitrogen and oxygen atoms in total. The second-order valence-electron chi connectivity index (χ2n) is 5.43. The normalized spacial score (nSPS) is 17.2. The maximum atomic E-state index is 5.24. The Morgan fingerprint density at radius 2 is 2.00 bits per heavy atom. The fraction of sp³-hybridized carbons (Fsp3) is 0.533. The number of aliphatic imine (C=N–C) groups is 1. The fourth-order valence-corrected chi connectivity index (χ4v) is 2.00. The van der Waals surface area contributed by atoms with Crippen LogP contribution in [-0.2, 0) is 11.3 Å². The molecule has 0 bridgehead atoms. The number of ether oxygens (including phenoxy) is 2. The van der Waals surface area contributed by atoms with Crippen LogP contribution in [0, 0.1) is 5.41 Å². The first-order valence-corrected chi connectivity index (χ1v) is 6.80. The molecule has 2 rings (SSSR count). The van der Waals surface area contributed by atoms with Crippen molar-refractivity contribution in [1.82, 2.24) is 10.6 Å².